The van der Waals surface area contributed by atoms with Crippen molar-refractivity contribution in [3.05, 3.63) is 11.6 Å². The van der Waals surface area contributed by atoms with Crippen molar-refractivity contribution >= 4 is 10.1 Å². The summed E-state index contributed by atoms with van der Waals surface area (Å²) >= 11 is 0. The molecule has 4 nitrogen and oxygen atoms in total. The van der Waals surface area contributed by atoms with Crippen LogP contribution in [0.25, 0.3) is 0 Å². The van der Waals surface area contributed by atoms with Crippen molar-refractivity contribution in [2.24, 2.45) is 0 Å². The highest BCUT2D eigenvalue weighted by Gasteiger charge is 2.11. The third kappa shape index (κ3) is 6.25. The van der Waals surface area contributed by atoms with Gasteiger partial charge in [0.25, 0.3) is 10.1 Å². The van der Waals surface area contributed by atoms with Crippen LogP contribution in [0, 0.1) is 0 Å². The summed E-state index contributed by atoms with van der Waals surface area (Å²) in [5.74, 6) is -0.265. The summed E-state index contributed by atoms with van der Waals surface area (Å²) in [5.41, 5.74) is 0.686. The highest BCUT2D eigenvalue weighted by atomic mass is 32.2. The van der Waals surface area contributed by atoms with Gasteiger partial charge in [-0.15, -0.1) is 0 Å². The molecule has 1 aliphatic carbocycles. The molecule has 1 aliphatic rings. The molecular formula is C11H21NO3S. The van der Waals surface area contributed by atoms with Gasteiger partial charge in [-0.25, -0.2) is 0 Å². The van der Waals surface area contributed by atoms with Gasteiger partial charge in [0.05, 0.1) is 5.75 Å². The van der Waals surface area contributed by atoms with E-state index >= 15 is 0 Å². The first-order chi connectivity index (χ1) is 7.47. The van der Waals surface area contributed by atoms with Crippen LogP contribution in [0.4, 0.5) is 0 Å². The van der Waals surface area contributed by atoms with Gasteiger partial charge in [0.2, 0.25) is 0 Å². The van der Waals surface area contributed by atoms with Crippen LogP contribution in [0.3, 0.4) is 0 Å². The average Bonchev–Trinajstić information content (AvgIpc) is 2.16. The fourth-order valence-electron chi connectivity index (χ4n) is 2.05. The molecule has 0 aromatic heterocycles. The lowest BCUT2D eigenvalue weighted by Gasteiger charge is -2.22. The van der Waals surface area contributed by atoms with Crippen molar-refractivity contribution in [3.63, 3.8) is 0 Å². The Kier molecular flexibility index (Phi) is 5.44. The SMILES string of the molecule is CC(=CCNC1CCCCC1)CS(=O)(=O)O. The molecule has 0 aliphatic heterocycles. The minimum Gasteiger partial charge on any atom is -0.311 e. The van der Waals surface area contributed by atoms with Crippen LogP contribution in [0.1, 0.15) is 39.0 Å². The summed E-state index contributed by atoms with van der Waals surface area (Å²) in [7, 11) is -3.87. The third-order valence-electron chi connectivity index (χ3n) is 2.87. The molecule has 1 rings (SSSR count). The predicted molar refractivity (Wildman–Crippen MR) is 65.0 cm³/mol. The second-order valence-corrected chi connectivity index (χ2v) is 5.97. The summed E-state index contributed by atoms with van der Waals surface area (Å²) in [4.78, 5) is 0. The molecule has 5 heteroatoms. The molecule has 0 spiro atoms. The highest BCUT2D eigenvalue weighted by molar-refractivity contribution is 7.85. The van der Waals surface area contributed by atoms with E-state index in [1.54, 1.807) is 6.92 Å². The van der Waals surface area contributed by atoms with Crippen molar-refractivity contribution in [1.82, 2.24) is 5.32 Å². The Hall–Kier alpha value is -0.390. The smallest absolute Gasteiger partial charge is 0.268 e. The first kappa shape index (κ1) is 13.7. The van der Waals surface area contributed by atoms with Gasteiger partial charge < -0.3 is 5.32 Å². The van der Waals surface area contributed by atoms with E-state index in [0.29, 0.717) is 18.2 Å². The van der Waals surface area contributed by atoms with Crippen LogP contribution in [0.2, 0.25) is 0 Å². The van der Waals surface area contributed by atoms with Crippen molar-refractivity contribution in [3.8, 4) is 0 Å². The zero-order valence-corrected chi connectivity index (χ0v) is 10.6. The Morgan fingerprint density at radius 3 is 2.56 bits per heavy atom. The average molecular weight is 247 g/mol. The summed E-state index contributed by atoms with van der Waals surface area (Å²) in [6.45, 7) is 2.41. The monoisotopic (exact) mass is 247 g/mol. The van der Waals surface area contributed by atoms with Gasteiger partial charge in [-0.05, 0) is 19.8 Å². The molecular weight excluding hydrogens is 226 g/mol. The predicted octanol–water partition coefficient (Wildman–Crippen LogP) is 1.74. The van der Waals surface area contributed by atoms with Gasteiger partial charge >= 0.3 is 0 Å². The number of nitrogens with one attached hydrogen (secondary N) is 1. The third-order valence-corrected chi connectivity index (χ3v) is 3.69. The summed E-state index contributed by atoms with van der Waals surface area (Å²) in [5, 5.41) is 3.39. The van der Waals surface area contributed by atoms with Gasteiger partial charge in [0, 0.05) is 12.6 Å². The van der Waals surface area contributed by atoms with Crippen molar-refractivity contribution in [2.75, 3.05) is 12.3 Å². The molecule has 0 bridgehead atoms. The van der Waals surface area contributed by atoms with Crippen molar-refractivity contribution in [1.29, 1.82) is 0 Å². The zero-order chi connectivity index (χ0) is 12.0. The molecule has 0 heterocycles. The largest absolute Gasteiger partial charge is 0.311 e. The molecule has 0 unspecified atom stereocenters. The van der Waals surface area contributed by atoms with Gasteiger partial charge in [0.1, 0.15) is 0 Å². The first-order valence-electron chi connectivity index (χ1n) is 5.81. The van der Waals surface area contributed by atoms with E-state index in [9.17, 15) is 8.42 Å². The topological polar surface area (TPSA) is 66.4 Å². The number of rotatable bonds is 5. The van der Waals surface area contributed by atoms with Gasteiger partial charge in [-0.2, -0.15) is 8.42 Å². The minimum atomic E-state index is -3.87. The van der Waals surface area contributed by atoms with E-state index in [4.69, 9.17) is 4.55 Å². The second-order valence-electron chi connectivity index (χ2n) is 4.52. The number of hydrogen-bond acceptors (Lipinski definition) is 3. The fourth-order valence-corrected chi connectivity index (χ4v) is 2.75. The van der Waals surface area contributed by atoms with E-state index in [2.05, 4.69) is 5.32 Å². The molecule has 1 fully saturated rings. The molecule has 0 aromatic rings. The molecule has 0 atom stereocenters. The molecule has 16 heavy (non-hydrogen) atoms. The first-order valence-corrected chi connectivity index (χ1v) is 7.42. The van der Waals surface area contributed by atoms with Crippen molar-refractivity contribution < 1.29 is 13.0 Å². The Bertz CT molecular complexity index is 329. The lowest BCUT2D eigenvalue weighted by molar-refractivity contribution is 0.385. The van der Waals surface area contributed by atoms with Crippen LogP contribution in [-0.4, -0.2) is 31.3 Å². The molecule has 94 valence electrons. The Labute approximate surface area is 97.9 Å². The van der Waals surface area contributed by atoms with Gasteiger partial charge in [-0.3, -0.25) is 4.55 Å². The fraction of sp³-hybridized carbons (Fsp3) is 0.818. The van der Waals surface area contributed by atoms with Crippen LogP contribution in [0.15, 0.2) is 11.6 Å². The second kappa shape index (κ2) is 6.37. The van der Waals surface area contributed by atoms with E-state index in [1.165, 1.54) is 32.1 Å². The summed E-state index contributed by atoms with van der Waals surface area (Å²) in [6, 6.07) is 0.573. The maximum absolute atomic E-state index is 10.6. The van der Waals surface area contributed by atoms with Crippen LogP contribution < -0.4 is 5.32 Å². The molecule has 0 amide bonds. The number of hydrogen-bond donors (Lipinski definition) is 2. The van der Waals surface area contributed by atoms with Crippen LogP contribution >= 0.6 is 0 Å². The van der Waals surface area contributed by atoms with E-state index in [0.717, 1.165) is 0 Å². The molecule has 0 aromatic carbocycles. The quantitative estimate of drug-likeness (QED) is 0.573. The highest BCUT2D eigenvalue weighted by Crippen LogP contribution is 2.17. The van der Waals surface area contributed by atoms with E-state index < -0.39 is 10.1 Å². The molecule has 0 radical (unpaired) electrons. The van der Waals surface area contributed by atoms with Crippen molar-refractivity contribution in [2.45, 2.75) is 45.1 Å². The standard InChI is InChI=1S/C11H21NO3S/c1-10(9-16(13,14)15)7-8-12-11-5-3-2-4-6-11/h7,11-12H,2-6,8-9H2,1H3,(H,13,14,15). The van der Waals surface area contributed by atoms with E-state index in [1.807, 2.05) is 6.08 Å². The molecule has 2 N–H and O–H groups in total. The maximum atomic E-state index is 10.6. The van der Waals surface area contributed by atoms with Crippen LogP contribution in [-0.2, 0) is 10.1 Å². The Morgan fingerprint density at radius 2 is 2.00 bits per heavy atom. The lowest BCUT2D eigenvalue weighted by atomic mass is 9.95. The Balaban J connectivity index is 2.24. The normalized spacial score (nSPS) is 20.0. The molecule has 0 saturated heterocycles. The molecule has 1 saturated carbocycles. The maximum Gasteiger partial charge on any atom is 0.268 e. The zero-order valence-electron chi connectivity index (χ0n) is 9.78. The van der Waals surface area contributed by atoms with Gasteiger partial charge in [-0.1, -0.05) is 30.9 Å². The summed E-state index contributed by atoms with van der Waals surface area (Å²) < 4.78 is 29.8. The minimum absolute atomic E-state index is 0.265. The van der Waals surface area contributed by atoms with E-state index in [-0.39, 0.29) is 5.75 Å². The summed E-state index contributed by atoms with van der Waals surface area (Å²) in [6.07, 6.45) is 8.16. The Morgan fingerprint density at radius 1 is 1.38 bits per heavy atom. The van der Waals surface area contributed by atoms with Crippen LogP contribution in [0.5, 0.6) is 0 Å². The lowest BCUT2D eigenvalue weighted by Crippen LogP contribution is -2.31. The van der Waals surface area contributed by atoms with Gasteiger partial charge in [0.15, 0.2) is 0 Å².